The number of carbonyl (C=O) groups is 1. The molecule has 3 rings (SSSR count). The standard InChI is InChI=1S/C19H27N5OS2/c1-24(2)18(25)13-22-19(21-12-14-6-5-11-26-14)20-10-9-17-23-15-7-3-4-8-16(15)27-17/h5-6,11H,3-4,7-10,12-13H2,1-2H3,(H2,20,21,22). The van der Waals surface area contributed by atoms with Crippen LogP contribution in [0.25, 0.3) is 0 Å². The number of likely N-dealkylation sites (N-methyl/N-ethyl adjacent to an activating group) is 1. The molecule has 6 nitrogen and oxygen atoms in total. The van der Waals surface area contributed by atoms with E-state index in [1.165, 1.54) is 39.7 Å². The molecule has 146 valence electrons. The van der Waals surface area contributed by atoms with E-state index in [9.17, 15) is 4.79 Å². The number of rotatable bonds is 7. The van der Waals surface area contributed by atoms with E-state index in [0.29, 0.717) is 12.5 Å². The first kappa shape index (κ1) is 19.8. The van der Waals surface area contributed by atoms with Crippen LogP contribution in [0.4, 0.5) is 0 Å². The Morgan fingerprint density at radius 3 is 2.89 bits per heavy atom. The van der Waals surface area contributed by atoms with Gasteiger partial charge >= 0.3 is 0 Å². The third-order valence-electron chi connectivity index (χ3n) is 4.40. The van der Waals surface area contributed by atoms with Gasteiger partial charge in [-0.05, 0) is 37.1 Å². The molecule has 1 amide bonds. The van der Waals surface area contributed by atoms with Crippen LogP contribution < -0.4 is 10.6 Å². The van der Waals surface area contributed by atoms with Crippen molar-refractivity contribution in [3.05, 3.63) is 38.0 Å². The second-order valence-electron chi connectivity index (χ2n) is 6.75. The first-order valence-corrected chi connectivity index (χ1v) is 11.0. The van der Waals surface area contributed by atoms with Gasteiger partial charge in [-0.25, -0.2) is 9.98 Å². The van der Waals surface area contributed by atoms with E-state index in [2.05, 4.69) is 27.1 Å². The van der Waals surface area contributed by atoms with E-state index >= 15 is 0 Å². The zero-order chi connectivity index (χ0) is 19.1. The van der Waals surface area contributed by atoms with Gasteiger partial charge in [0, 0.05) is 36.8 Å². The molecule has 0 saturated heterocycles. The smallest absolute Gasteiger partial charge is 0.243 e. The number of fused-ring (bicyclic) bond motifs is 1. The van der Waals surface area contributed by atoms with Crippen molar-refractivity contribution < 1.29 is 4.79 Å². The van der Waals surface area contributed by atoms with Crippen molar-refractivity contribution in [2.75, 3.05) is 27.2 Å². The van der Waals surface area contributed by atoms with Gasteiger partial charge in [0.1, 0.15) is 6.54 Å². The molecule has 2 heterocycles. The van der Waals surface area contributed by atoms with Crippen molar-refractivity contribution >= 4 is 34.5 Å². The molecule has 1 aliphatic carbocycles. The van der Waals surface area contributed by atoms with Gasteiger partial charge in [0.2, 0.25) is 5.91 Å². The van der Waals surface area contributed by atoms with Gasteiger partial charge in [-0.3, -0.25) is 4.79 Å². The molecule has 0 saturated carbocycles. The van der Waals surface area contributed by atoms with Crippen LogP contribution in [0.3, 0.4) is 0 Å². The molecule has 0 aliphatic heterocycles. The number of hydrogen-bond donors (Lipinski definition) is 2. The summed E-state index contributed by atoms with van der Waals surface area (Å²) in [4.78, 5) is 25.3. The van der Waals surface area contributed by atoms with Crippen LogP contribution >= 0.6 is 22.7 Å². The molecule has 0 spiro atoms. The number of guanidine groups is 1. The Hall–Kier alpha value is -1.93. The average Bonchev–Trinajstić information content (AvgIpc) is 3.32. The van der Waals surface area contributed by atoms with Gasteiger partial charge in [0.05, 0.1) is 17.2 Å². The molecule has 27 heavy (non-hydrogen) atoms. The molecule has 2 aromatic heterocycles. The minimum atomic E-state index is -0.0141. The molecule has 2 aromatic rings. The molecule has 0 unspecified atom stereocenters. The van der Waals surface area contributed by atoms with E-state index in [-0.39, 0.29) is 12.5 Å². The van der Waals surface area contributed by atoms with Gasteiger partial charge in [0.15, 0.2) is 5.96 Å². The summed E-state index contributed by atoms with van der Waals surface area (Å²) in [6, 6.07) is 4.12. The Kier molecular flexibility index (Phi) is 7.23. The van der Waals surface area contributed by atoms with E-state index in [1.807, 2.05) is 17.4 Å². The average molecular weight is 406 g/mol. The normalized spacial score (nSPS) is 13.9. The summed E-state index contributed by atoms with van der Waals surface area (Å²) in [7, 11) is 3.49. The van der Waals surface area contributed by atoms with Gasteiger partial charge in [-0.1, -0.05) is 6.07 Å². The maximum absolute atomic E-state index is 11.8. The van der Waals surface area contributed by atoms with Crippen molar-refractivity contribution in [3.63, 3.8) is 0 Å². The van der Waals surface area contributed by atoms with Gasteiger partial charge < -0.3 is 15.5 Å². The van der Waals surface area contributed by atoms with Crippen LogP contribution in [0, 0.1) is 0 Å². The summed E-state index contributed by atoms with van der Waals surface area (Å²) in [5, 5.41) is 9.91. The van der Waals surface area contributed by atoms with Crippen LogP contribution in [0.5, 0.6) is 0 Å². The van der Waals surface area contributed by atoms with Crippen LogP contribution in [0.15, 0.2) is 22.5 Å². The summed E-state index contributed by atoms with van der Waals surface area (Å²) >= 11 is 3.55. The van der Waals surface area contributed by atoms with Gasteiger partial charge in [-0.15, -0.1) is 22.7 Å². The Labute approximate surface area is 168 Å². The Morgan fingerprint density at radius 1 is 1.30 bits per heavy atom. The van der Waals surface area contributed by atoms with Gasteiger partial charge in [-0.2, -0.15) is 0 Å². The third-order valence-corrected chi connectivity index (χ3v) is 6.50. The molecule has 1 aliphatic rings. The Bertz CT molecular complexity index is 744. The topological polar surface area (TPSA) is 69.6 Å². The number of amides is 1. The number of nitrogens with one attached hydrogen (secondary N) is 2. The number of aromatic nitrogens is 1. The SMILES string of the molecule is CN(C)C(=O)CN=C(NCCc1nc2c(s1)CCCC2)NCc1cccs1. The van der Waals surface area contributed by atoms with E-state index in [1.54, 1.807) is 30.3 Å². The predicted octanol–water partition coefficient (Wildman–Crippen LogP) is 2.45. The highest BCUT2D eigenvalue weighted by molar-refractivity contribution is 7.11. The fourth-order valence-electron chi connectivity index (χ4n) is 2.85. The molecular formula is C19H27N5OS2. The lowest BCUT2D eigenvalue weighted by atomic mass is 10.0. The van der Waals surface area contributed by atoms with Crippen molar-refractivity contribution in [2.45, 2.75) is 38.6 Å². The lowest BCUT2D eigenvalue weighted by molar-refractivity contribution is -0.127. The lowest BCUT2D eigenvalue weighted by Crippen LogP contribution is -2.39. The molecule has 0 fully saturated rings. The number of thiophene rings is 1. The number of hydrogen-bond acceptors (Lipinski definition) is 5. The lowest BCUT2D eigenvalue weighted by Gasteiger charge is -2.13. The highest BCUT2D eigenvalue weighted by Crippen LogP contribution is 2.26. The molecular weight excluding hydrogens is 378 g/mol. The number of aryl methyl sites for hydroxylation is 2. The third kappa shape index (κ3) is 6.04. The highest BCUT2D eigenvalue weighted by atomic mass is 32.1. The first-order valence-electron chi connectivity index (χ1n) is 9.34. The van der Waals surface area contributed by atoms with E-state index in [0.717, 1.165) is 19.4 Å². The minimum Gasteiger partial charge on any atom is -0.356 e. The van der Waals surface area contributed by atoms with E-state index in [4.69, 9.17) is 4.98 Å². The quantitative estimate of drug-likeness (QED) is 0.548. The molecule has 0 atom stereocenters. The Balaban J connectivity index is 1.53. The summed E-state index contributed by atoms with van der Waals surface area (Å²) in [6.45, 7) is 1.59. The van der Waals surface area contributed by atoms with Crippen molar-refractivity contribution in [3.8, 4) is 0 Å². The van der Waals surface area contributed by atoms with Crippen LogP contribution in [0.2, 0.25) is 0 Å². The zero-order valence-electron chi connectivity index (χ0n) is 16.0. The Morgan fingerprint density at radius 2 is 2.15 bits per heavy atom. The fourth-order valence-corrected chi connectivity index (χ4v) is 4.65. The van der Waals surface area contributed by atoms with Crippen molar-refractivity contribution in [1.82, 2.24) is 20.5 Å². The number of nitrogens with zero attached hydrogens (tertiary/aromatic N) is 3. The molecule has 0 radical (unpaired) electrons. The highest BCUT2D eigenvalue weighted by Gasteiger charge is 2.15. The molecule has 0 bridgehead atoms. The summed E-state index contributed by atoms with van der Waals surface area (Å²) in [5.41, 5.74) is 1.31. The molecule has 2 N–H and O–H groups in total. The van der Waals surface area contributed by atoms with E-state index < -0.39 is 0 Å². The predicted molar refractivity (Wildman–Crippen MR) is 113 cm³/mol. The van der Waals surface area contributed by atoms with Crippen LogP contribution in [-0.4, -0.2) is 48.9 Å². The summed E-state index contributed by atoms with van der Waals surface area (Å²) in [5.74, 6) is 0.653. The fraction of sp³-hybridized carbons (Fsp3) is 0.526. The van der Waals surface area contributed by atoms with Crippen molar-refractivity contribution in [2.24, 2.45) is 4.99 Å². The van der Waals surface area contributed by atoms with Crippen LogP contribution in [-0.2, 0) is 30.6 Å². The maximum atomic E-state index is 11.8. The van der Waals surface area contributed by atoms with Crippen LogP contribution in [0.1, 0.15) is 33.3 Å². The summed E-state index contributed by atoms with van der Waals surface area (Å²) in [6.07, 6.45) is 5.73. The summed E-state index contributed by atoms with van der Waals surface area (Å²) < 4.78 is 0. The molecule has 0 aromatic carbocycles. The monoisotopic (exact) mass is 405 g/mol. The van der Waals surface area contributed by atoms with Crippen molar-refractivity contribution in [1.29, 1.82) is 0 Å². The number of thiazole rings is 1. The second kappa shape index (κ2) is 9.85. The molecule has 8 heteroatoms. The number of carbonyl (C=O) groups excluding carboxylic acids is 1. The largest absolute Gasteiger partial charge is 0.356 e. The first-order chi connectivity index (χ1) is 13.1. The maximum Gasteiger partial charge on any atom is 0.243 e. The minimum absolute atomic E-state index is 0.0141. The van der Waals surface area contributed by atoms with Gasteiger partial charge in [0.25, 0.3) is 0 Å². The zero-order valence-corrected chi connectivity index (χ0v) is 17.6. The second-order valence-corrected chi connectivity index (χ2v) is 8.95. The number of aliphatic imine (C=N–C) groups is 1.